The standard InChI is InChI=1S/C15H28N2O2/c1-4-7-8-13-15(18)17(14(5-2)16-13)11-9-12(10-11)19-6-3/h11-14,16H,4-10H2,1-3H3. The smallest absolute Gasteiger partial charge is 0.241 e. The highest BCUT2D eigenvalue weighted by Gasteiger charge is 2.45. The molecule has 0 aromatic carbocycles. The van der Waals surface area contributed by atoms with Crippen molar-refractivity contribution in [2.24, 2.45) is 0 Å². The van der Waals surface area contributed by atoms with Crippen LogP contribution in [0.25, 0.3) is 0 Å². The Labute approximate surface area is 116 Å². The summed E-state index contributed by atoms with van der Waals surface area (Å²) in [5.41, 5.74) is 0. The van der Waals surface area contributed by atoms with Gasteiger partial charge in [0.15, 0.2) is 0 Å². The van der Waals surface area contributed by atoms with Crippen molar-refractivity contribution in [2.75, 3.05) is 6.61 Å². The molecule has 0 aromatic rings. The summed E-state index contributed by atoms with van der Waals surface area (Å²) in [7, 11) is 0. The summed E-state index contributed by atoms with van der Waals surface area (Å²) in [6.07, 6.45) is 6.87. The summed E-state index contributed by atoms with van der Waals surface area (Å²) in [5.74, 6) is 0.320. The molecular formula is C15H28N2O2. The largest absolute Gasteiger partial charge is 0.378 e. The highest BCUT2D eigenvalue weighted by Crippen LogP contribution is 2.33. The monoisotopic (exact) mass is 268 g/mol. The van der Waals surface area contributed by atoms with E-state index in [1.807, 2.05) is 6.92 Å². The highest BCUT2D eigenvalue weighted by atomic mass is 16.5. The number of hydrogen-bond acceptors (Lipinski definition) is 3. The number of rotatable bonds is 7. The minimum absolute atomic E-state index is 0.0519. The second-order valence-corrected chi connectivity index (χ2v) is 5.73. The Morgan fingerprint density at radius 1 is 1.32 bits per heavy atom. The minimum Gasteiger partial charge on any atom is -0.378 e. The quantitative estimate of drug-likeness (QED) is 0.770. The van der Waals surface area contributed by atoms with Gasteiger partial charge >= 0.3 is 0 Å². The zero-order chi connectivity index (χ0) is 13.8. The maximum absolute atomic E-state index is 12.5. The average molecular weight is 268 g/mol. The first kappa shape index (κ1) is 14.8. The van der Waals surface area contributed by atoms with Crippen LogP contribution >= 0.6 is 0 Å². The molecule has 1 saturated heterocycles. The van der Waals surface area contributed by atoms with Gasteiger partial charge in [0.25, 0.3) is 0 Å². The van der Waals surface area contributed by atoms with Gasteiger partial charge in [-0.05, 0) is 32.6 Å². The second kappa shape index (κ2) is 6.71. The zero-order valence-corrected chi connectivity index (χ0v) is 12.5. The molecule has 0 bridgehead atoms. The molecule has 1 N–H and O–H groups in total. The van der Waals surface area contributed by atoms with Gasteiger partial charge < -0.3 is 9.64 Å². The lowest BCUT2D eigenvalue weighted by atomic mass is 9.87. The van der Waals surface area contributed by atoms with E-state index in [0.717, 1.165) is 45.1 Å². The molecule has 19 heavy (non-hydrogen) atoms. The fourth-order valence-corrected chi connectivity index (χ4v) is 3.22. The topological polar surface area (TPSA) is 41.6 Å². The number of amides is 1. The van der Waals surface area contributed by atoms with Crippen molar-refractivity contribution in [3.63, 3.8) is 0 Å². The summed E-state index contributed by atoms with van der Waals surface area (Å²) >= 11 is 0. The third-order valence-corrected chi connectivity index (χ3v) is 4.38. The fourth-order valence-electron chi connectivity index (χ4n) is 3.22. The minimum atomic E-state index is 0.0519. The molecule has 2 rings (SSSR count). The molecule has 2 aliphatic rings. The summed E-state index contributed by atoms with van der Waals surface area (Å²) in [6.45, 7) is 7.14. The van der Waals surface area contributed by atoms with Crippen LogP contribution in [0.2, 0.25) is 0 Å². The number of carbonyl (C=O) groups is 1. The Bertz CT molecular complexity index is 303. The fraction of sp³-hybridized carbons (Fsp3) is 0.933. The summed E-state index contributed by atoms with van der Waals surface area (Å²) < 4.78 is 5.61. The normalized spacial score (nSPS) is 34.7. The van der Waals surface area contributed by atoms with Crippen molar-refractivity contribution in [2.45, 2.75) is 83.6 Å². The van der Waals surface area contributed by atoms with E-state index in [1.54, 1.807) is 0 Å². The lowest BCUT2D eigenvalue weighted by Crippen LogP contribution is -2.53. The van der Waals surface area contributed by atoms with Gasteiger partial charge in [-0.2, -0.15) is 0 Å². The molecule has 2 atom stereocenters. The van der Waals surface area contributed by atoms with Gasteiger partial charge in [-0.3, -0.25) is 10.1 Å². The van der Waals surface area contributed by atoms with Crippen molar-refractivity contribution in [1.29, 1.82) is 0 Å². The van der Waals surface area contributed by atoms with Gasteiger partial charge in [0, 0.05) is 12.6 Å². The third-order valence-electron chi connectivity index (χ3n) is 4.38. The van der Waals surface area contributed by atoms with Gasteiger partial charge in [-0.25, -0.2) is 0 Å². The van der Waals surface area contributed by atoms with Gasteiger partial charge in [-0.1, -0.05) is 26.7 Å². The molecule has 2 unspecified atom stereocenters. The molecule has 0 aromatic heterocycles. The van der Waals surface area contributed by atoms with Crippen LogP contribution in [0.3, 0.4) is 0 Å². The number of ether oxygens (including phenoxy) is 1. The van der Waals surface area contributed by atoms with E-state index < -0.39 is 0 Å². The van der Waals surface area contributed by atoms with Crippen LogP contribution in [0.1, 0.15) is 59.3 Å². The molecular weight excluding hydrogens is 240 g/mol. The Morgan fingerprint density at radius 2 is 2.05 bits per heavy atom. The molecule has 4 heteroatoms. The summed E-state index contributed by atoms with van der Waals surface area (Å²) in [6, 6.07) is 0.448. The lowest BCUT2D eigenvalue weighted by Gasteiger charge is -2.43. The van der Waals surface area contributed by atoms with E-state index in [1.165, 1.54) is 0 Å². The van der Waals surface area contributed by atoms with Crippen LogP contribution < -0.4 is 5.32 Å². The molecule has 4 nitrogen and oxygen atoms in total. The van der Waals surface area contributed by atoms with Crippen molar-refractivity contribution in [3.05, 3.63) is 0 Å². The number of nitrogens with zero attached hydrogens (tertiary/aromatic N) is 1. The van der Waals surface area contributed by atoms with Crippen molar-refractivity contribution < 1.29 is 9.53 Å². The van der Waals surface area contributed by atoms with E-state index in [9.17, 15) is 4.79 Å². The molecule has 0 radical (unpaired) electrons. The molecule has 1 heterocycles. The summed E-state index contributed by atoms with van der Waals surface area (Å²) in [5, 5.41) is 3.51. The van der Waals surface area contributed by atoms with Crippen molar-refractivity contribution in [3.8, 4) is 0 Å². The first-order chi connectivity index (χ1) is 9.21. The molecule has 110 valence electrons. The molecule has 1 amide bonds. The van der Waals surface area contributed by atoms with Crippen LogP contribution in [0.15, 0.2) is 0 Å². The van der Waals surface area contributed by atoms with Gasteiger partial charge in [0.1, 0.15) is 0 Å². The van der Waals surface area contributed by atoms with Crippen LogP contribution in [0, 0.1) is 0 Å². The van der Waals surface area contributed by atoms with Crippen LogP contribution in [-0.2, 0) is 9.53 Å². The molecule has 0 spiro atoms. The van der Waals surface area contributed by atoms with Gasteiger partial charge in [-0.15, -0.1) is 0 Å². The van der Waals surface area contributed by atoms with E-state index in [-0.39, 0.29) is 12.2 Å². The SMILES string of the molecule is CCCCC1NC(CC)N(C2CC(OCC)C2)C1=O. The third kappa shape index (κ3) is 3.11. The molecule has 1 saturated carbocycles. The van der Waals surface area contributed by atoms with Gasteiger partial charge in [0.2, 0.25) is 5.91 Å². The molecule has 1 aliphatic carbocycles. The molecule has 2 fully saturated rings. The number of nitrogens with one attached hydrogen (secondary N) is 1. The number of unbranched alkanes of at least 4 members (excludes halogenated alkanes) is 1. The Balaban J connectivity index is 1.90. The highest BCUT2D eigenvalue weighted by molar-refractivity contribution is 5.84. The van der Waals surface area contributed by atoms with Crippen molar-refractivity contribution >= 4 is 5.91 Å². The van der Waals surface area contributed by atoms with Crippen LogP contribution in [0.5, 0.6) is 0 Å². The second-order valence-electron chi connectivity index (χ2n) is 5.73. The number of carbonyl (C=O) groups excluding carboxylic acids is 1. The van der Waals surface area contributed by atoms with Gasteiger partial charge in [0.05, 0.1) is 18.3 Å². The Kier molecular flexibility index (Phi) is 5.22. The summed E-state index contributed by atoms with van der Waals surface area (Å²) in [4.78, 5) is 14.6. The number of hydrogen-bond donors (Lipinski definition) is 1. The zero-order valence-electron chi connectivity index (χ0n) is 12.5. The molecule has 1 aliphatic heterocycles. The lowest BCUT2D eigenvalue weighted by molar-refractivity contribution is -0.138. The first-order valence-electron chi connectivity index (χ1n) is 7.91. The van der Waals surface area contributed by atoms with E-state index >= 15 is 0 Å². The van der Waals surface area contributed by atoms with Crippen LogP contribution in [0.4, 0.5) is 0 Å². The Morgan fingerprint density at radius 3 is 2.63 bits per heavy atom. The average Bonchev–Trinajstić information content (AvgIpc) is 2.67. The first-order valence-corrected chi connectivity index (χ1v) is 7.91. The predicted molar refractivity (Wildman–Crippen MR) is 75.8 cm³/mol. The Hall–Kier alpha value is -0.610. The van der Waals surface area contributed by atoms with E-state index in [0.29, 0.717) is 18.1 Å². The predicted octanol–water partition coefficient (Wildman–Crippen LogP) is 2.28. The maximum Gasteiger partial charge on any atom is 0.241 e. The maximum atomic E-state index is 12.5. The van der Waals surface area contributed by atoms with E-state index in [2.05, 4.69) is 24.1 Å². The van der Waals surface area contributed by atoms with Crippen molar-refractivity contribution in [1.82, 2.24) is 10.2 Å². The van der Waals surface area contributed by atoms with Crippen LogP contribution in [-0.4, -0.2) is 41.8 Å². The van der Waals surface area contributed by atoms with E-state index in [4.69, 9.17) is 4.74 Å².